The SMILES string of the molecule is CC[C@@]1(c2cccc(C(F)(F)F)c2)C2=C(CCN(c3ccc(OC)cc3)C2=O)NC2N=NC(C)=C21. The van der Waals surface area contributed by atoms with E-state index in [4.69, 9.17) is 4.74 Å². The second-order valence-corrected chi connectivity index (χ2v) is 8.86. The molecule has 0 saturated carbocycles. The first kappa shape index (κ1) is 23.1. The molecule has 6 nitrogen and oxygen atoms in total. The predicted molar refractivity (Wildman–Crippen MR) is 125 cm³/mol. The Balaban J connectivity index is 1.71. The fourth-order valence-corrected chi connectivity index (χ4v) is 5.54. The molecule has 1 unspecified atom stereocenters. The number of rotatable bonds is 4. The van der Waals surface area contributed by atoms with Crippen LogP contribution in [0.15, 0.2) is 81.3 Å². The summed E-state index contributed by atoms with van der Waals surface area (Å²) in [6.07, 6.45) is -4.12. The molecular weight excluding hydrogens is 457 g/mol. The number of carbonyl (C=O) groups excluding carboxylic acids is 1. The summed E-state index contributed by atoms with van der Waals surface area (Å²) in [4.78, 5) is 15.8. The van der Waals surface area contributed by atoms with Crippen LogP contribution in [0.4, 0.5) is 18.9 Å². The lowest BCUT2D eigenvalue weighted by atomic mass is 9.62. The largest absolute Gasteiger partial charge is 0.497 e. The number of hydrogen-bond donors (Lipinski definition) is 1. The highest BCUT2D eigenvalue weighted by atomic mass is 19.4. The highest BCUT2D eigenvalue weighted by Crippen LogP contribution is 2.53. The average Bonchev–Trinajstić information content (AvgIpc) is 3.23. The third-order valence-electron chi connectivity index (χ3n) is 7.13. The standard InChI is InChI=1S/C26H25F3N4O2/c1-4-25(16-6-5-7-17(14-16)26(27,28)29)21-15(2)31-32-23(21)30-20-12-13-33(24(34)22(20)25)18-8-10-19(35-3)11-9-18/h5-11,14,23,30H,4,12-13H2,1-3H3/t23?,25-/m0/s1. The molecule has 3 heterocycles. The first-order chi connectivity index (χ1) is 16.7. The molecule has 0 saturated heterocycles. The Hall–Kier alpha value is -3.62. The number of halogens is 3. The van der Waals surface area contributed by atoms with Crippen molar-refractivity contribution in [2.45, 2.75) is 44.4 Å². The molecule has 2 aromatic rings. The maximum atomic E-state index is 14.1. The fraction of sp³-hybridized carbons (Fsp3) is 0.346. The van der Waals surface area contributed by atoms with Crippen LogP contribution in [0, 0.1) is 0 Å². The van der Waals surface area contributed by atoms with E-state index in [1.807, 2.05) is 19.1 Å². The molecule has 0 radical (unpaired) electrons. The minimum absolute atomic E-state index is 0.242. The second kappa shape index (κ2) is 8.25. The van der Waals surface area contributed by atoms with Crippen molar-refractivity contribution in [3.05, 3.63) is 82.2 Å². The van der Waals surface area contributed by atoms with Crippen LogP contribution in [-0.2, 0) is 16.4 Å². The average molecular weight is 483 g/mol. The lowest BCUT2D eigenvalue weighted by Crippen LogP contribution is -2.54. The van der Waals surface area contributed by atoms with Crippen molar-refractivity contribution in [3.8, 4) is 5.75 Å². The summed E-state index contributed by atoms with van der Waals surface area (Å²) >= 11 is 0. The number of anilines is 1. The number of azo groups is 1. The summed E-state index contributed by atoms with van der Waals surface area (Å²) in [6, 6.07) is 12.5. The van der Waals surface area contributed by atoms with Gasteiger partial charge in [-0.3, -0.25) is 4.79 Å². The van der Waals surface area contributed by atoms with E-state index < -0.39 is 23.3 Å². The van der Waals surface area contributed by atoms with Gasteiger partial charge in [-0.25, -0.2) is 0 Å². The summed E-state index contributed by atoms with van der Waals surface area (Å²) in [7, 11) is 1.57. The minimum atomic E-state index is -4.51. The number of amides is 1. The Labute approximate surface area is 201 Å². The number of methoxy groups -OCH3 is 1. The number of nitrogens with one attached hydrogen (secondary N) is 1. The third kappa shape index (κ3) is 3.52. The van der Waals surface area contributed by atoms with Gasteiger partial charge in [0.05, 0.1) is 29.4 Å². The first-order valence-electron chi connectivity index (χ1n) is 11.5. The number of fused-ring (bicyclic) bond motifs is 1. The molecule has 0 spiro atoms. The summed E-state index contributed by atoms with van der Waals surface area (Å²) < 4.78 is 46.3. The molecule has 182 valence electrons. The van der Waals surface area contributed by atoms with Gasteiger partial charge in [0, 0.05) is 29.9 Å². The number of alkyl halides is 3. The lowest BCUT2D eigenvalue weighted by molar-refractivity contribution is -0.137. The van der Waals surface area contributed by atoms with E-state index in [0.717, 1.165) is 17.7 Å². The maximum Gasteiger partial charge on any atom is 0.416 e. The Morgan fingerprint density at radius 1 is 1.20 bits per heavy atom. The van der Waals surface area contributed by atoms with E-state index in [0.29, 0.717) is 53.4 Å². The molecular formula is C26H25F3N4O2. The maximum absolute atomic E-state index is 14.1. The quantitative estimate of drug-likeness (QED) is 0.606. The van der Waals surface area contributed by atoms with Crippen LogP contribution < -0.4 is 15.0 Å². The zero-order chi connectivity index (χ0) is 25.0. The van der Waals surface area contributed by atoms with Crippen molar-refractivity contribution in [2.24, 2.45) is 10.2 Å². The minimum Gasteiger partial charge on any atom is -0.497 e. The van der Waals surface area contributed by atoms with Crippen molar-refractivity contribution >= 4 is 11.6 Å². The van der Waals surface area contributed by atoms with E-state index in [-0.39, 0.29) is 5.91 Å². The fourth-order valence-electron chi connectivity index (χ4n) is 5.54. The molecule has 0 aromatic heterocycles. The molecule has 0 bridgehead atoms. The number of benzene rings is 2. The Morgan fingerprint density at radius 2 is 1.94 bits per heavy atom. The number of nitrogens with zero attached hydrogens (tertiary/aromatic N) is 3. The molecule has 3 aliphatic heterocycles. The van der Waals surface area contributed by atoms with Gasteiger partial charge in [-0.05, 0) is 49.2 Å². The van der Waals surface area contributed by atoms with Gasteiger partial charge in [0.1, 0.15) is 5.75 Å². The zero-order valence-electron chi connectivity index (χ0n) is 19.6. The lowest BCUT2D eigenvalue weighted by Gasteiger charge is -2.47. The van der Waals surface area contributed by atoms with Crippen LogP contribution in [0.2, 0.25) is 0 Å². The summed E-state index contributed by atoms with van der Waals surface area (Å²) in [6.45, 7) is 4.12. The number of carbonyl (C=O) groups is 1. The monoisotopic (exact) mass is 482 g/mol. The molecule has 35 heavy (non-hydrogen) atoms. The van der Waals surface area contributed by atoms with Crippen LogP contribution in [0.1, 0.15) is 37.8 Å². The van der Waals surface area contributed by atoms with Gasteiger partial charge in [-0.2, -0.15) is 23.4 Å². The Kier molecular flexibility index (Phi) is 5.45. The Morgan fingerprint density at radius 3 is 2.60 bits per heavy atom. The van der Waals surface area contributed by atoms with Gasteiger partial charge < -0.3 is 15.0 Å². The van der Waals surface area contributed by atoms with Gasteiger partial charge in [0.2, 0.25) is 0 Å². The van der Waals surface area contributed by atoms with Crippen molar-refractivity contribution in [2.75, 3.05) is 18.6 Å². The van der Waals surface area contributed by atoms with Crippen LogP contribution in [-0.4, -0.2) is 25.7 Å². The van der Waals surface area contributed by atoms with Crippen molar-refractivity contribution in [1.29, 1.82) is 0 Å². The molecule has 0 aliphatic carbocycles. The van der Waals surface area contributed by atoms with Gasteiger partial charge in [0.25, 0.3) is 5.91 Å². The molecule has 3 aliphatic rings. The topological polar surface area (TPSA) is 66.3 Å². The number of hydrogen-bond acceptors (Lipinski definition) is 5. The van der Waals surface area contributed by atoms with E-state index in [9.17, 15) is 18.0 Å². The first-order valence-corrected chi connectivity index (χ1v) is 11.5. The molecule has 0 fully saturated rings. The normalized spacial score (nSPS) is 23.9. The smallest absolute Gasteiger partial charge is 0.416 e. The van der Waals surface area contributed by atoms with Gasteiger partial charge in [-0.1, -0.05) is 25.1 Å². The highest BCUT2D eigenvalue weighted by Gasteiger charge is 2.54. The van der Waals surface area contributed by atoms with Crippen LogP contribution in [0.5, 0.6) is 5.75 Å². The van der Waals surface area contributed by atoms with Crippen molar-refractivity contribution in [1.82, 2.24) is 5.32 Å². The summed E-state index contributed by atoms with van der Waals surface area (Å²) in [5, 5.41) is 11.9. The molecule has 2 atom stereocenters. The predicted octanol–water partition coefficient (Wildman–Crippen LogP) is 5.72. The van der Waals surface area contributed by atoms with E-state index in [2.05, 4.69) is 15.5 Å². The second-order valence-electron chi connectivity index (χ2n) is 8.86. The summed E-state index contributed by atoms with van der Waals surface area (Å²) in [5.41, 5.74) is 1.78. The van der Waals surface area contributed by atoms with E-state index in [1.54, 1.807) is 37.1 Å². The Bertz CT molecular complexity index is 1280. The van der Waals surface area contributed by atoms with E-state index in [1.165, 1.54) is 6.07 Å². The third-order valence-corrected chi connectivity index (χ3v) is 7.13. The molecule has 1 N–H and O–H groups in total. The highest BCUT2D eigenvalue weighted by molar-refractivity contribution is 6.09. The summed E-state index contributed by atoms with van der Waals surface area (Å²) in [5.74, 6) is 0.427. The van der Waals surface area contributed by atoms with Gasteiger partial charge in [0.15, 0.2) is 6.17 Å². The van der Waals surface area contributed by atoms with E-state index >= 15 is 0 Å². The number of ether oxygens (including phenoxy) is 1. The molecule has 2 aromatic carbocycles. The van der Waals surface area contributed by atoms with Crippen molar-refractivity contribution in [3.63, 3.8) is 0 Å². The van der Waals surface area contributed by atoms with Crippen LogP contribution >= 0.6 is 0 Å². The van der Waals surface area contributed by atoms with Crippen LogP contribution in [0.25, 0.3) is 0 Å². The molecule has 9 heteroatoms. The van der Waals surface area contributed by atoms with Crippen LogP contribution in [0.3, 0.4) is 0 Å². The van der Waals surface area contributed by atoms with Gasteiger partial charge >= 0.3 is 6.18 Å². The molecule has 5 rings (SSSR count). The van der Waals surface area contributed by atoms with Crippen molar-refractivity contribution < 1.29 is 22.7 Å². The zero-order valence-corrected chi connectivity index (χ0v) is 19.6. The number of allylic oxidation sites excluding steroid dienone is 1. The molecule has 1 amide bonds. The van der Waals surface area contributed by atoms with Gasteiger partial charge in [-0.15, -0.1) is 0 Å².